The summed E-state index contributed by atoms with van der Waals surface area (Å²) in [5.74, 6) is 5.32. The van der Waals surface area contributed by atoms with Crippen molar-refractivity contribution in [3.05, 3.63) is 36.5 Å². The first-order valence-electron chi connectivity index (χ1n) is 5.93. The molecular formula is C13H16ClN5O. The Morgan fingerprint density at radius 2 is 1.90 bits per heavy atom. The largest absolute Gasteiger partial charge is 0.273 e. The lowest BCUT2D eigenvalue weighted by molar-refractivity contribution is -0.121. The van der Waals surface area contributed by atoms with E-state index in [2.05, 4.69) is 15.2 Å². The van der Waals surface area contributed by atoms with Gasteiger partial charge in [0, 0.05) is 11.5 Å². The van der Waals surface area contributed by atoms with Crippen molar-refractivity contribution in [3.8, 4) is 11.3 Å². The molecule has 0 unspecified atom stereocenters. The summed E-state index contributed by atoms with van der Waals surface area (Å²) >= 11 is 0. The average molecular weight is 294 g/mol. The minimum absolute atomic E-state index is 0. The van der Waals surface area contributed by atoms with Crippen LogP contribution >= 0.6 is 12.4 Å². The van der Waals surface area contributed by atoms with Gasteiger partial charge in [-0.1, -0.05) is 44.2 Å². The van der Waals surface area contributed by atoms with Crippen molar-refractivity contribution in [1.29, 1.82) is 0 Å². The molecule has 1 amide bonds. The van der Waals surface area contributed by atoms with Gasteiger partial charge in [0.2, 0.25) is 5.91 Å². The molecule has 1 aromatic carbocycles. The second-order valence-electron chi connectivity index (χ2n) is 4.37. The first kappa shape index (κ1) is 16.0. The van der Waals surface area contributed by atoms with E-state index in [1.165, 1.54) is 6.20 Å². The van der Waals surface area contributed by atoms with Crippen LogP contribution in [0.25, 0.3) is 11.3 Å². The Hall–Kier alpha value is -2.05. The summed E-state index contributed by atoms with van der Waals surface area (Å²) in [4.78, 5) is 16.0. The third-order valence-corrected chi connectivity index (χ3v) is 2.56. The summed E-state index contributed by atoms with van der Waals surface area (Å²) in [6, 6.07) is 9.52. The van der Waals surface area contributed by atoms with E-state index in [1.54, 1.807) is 13.8 Å². The maximum Gasteiger partial charge on any atom is 0.267 e. The van der Waals surface area contributed by atoms with Crippen LogP contribution in [0.3, 0.4) is 0 Å². The van der Waals surface area contributed by atoms with Gasteiger partial charge in [0.15, 0.2) is 0 Å². The number of carbonyl (C=O) groups excluding carboxylic acids is 1. The molecule has 0 bridgehead atoms. The highest BCUT2D eigenvalue weighted by Crippen LogP contribution is 2.17. The van der Waals surface area contributed by atoms with Crippen LogP contribution in [0.5, 0.6) is 0 Å². The number of nitrogens with zero attached hydrogens (tertiary/aromatic N) is 4. The molecule has 0 saturated carbocycles. The number of aromatic nitrogens is 3. The van der Waals surface area contributed by atoms with Crippen molar-refractivity contribution >= 4 is 24.3 Å². The lowest BCUT2D eigenvalue weighted by Gasteiger charge is -2.16. The molecule has 0 spiro atoms. The van der Waals surface area contributed by atoms with Crippen molar-refractivity contribution < 1.29 is 4.79 Å². The van der Waals surface area contributed by atoms with E-state index < -0.39 is 0 Å². The molecule has 20 heavy (non-hydrogen) atoms. The molecule has 6 nitrogen and oxygen atoms in total. The van der Waals surface area contributed by atoms with Crippen LogP contribution in [-0.2, 0) is 4.79 Å². The molecule has 0 saturated heterocycles. The Morgan fingerprint density at radius 1 is 1.25 bits per heavy atom. The lowest BCUT2D eigenvalue weighted by Crippen LogP contribution is -2.41. The number of rotatable bonds is 3. The number of carbonyl (C=O) groups is 1. The Kier molecular flexibility index (Phi) is 5.54. The maximum atomic E-state index is 11.8. The van der Waals surface area contributed by atoms with Crippen LogP contribution in [0.4, 0.5) is 5.95 Å². The van der Waals surface area contributed by atoms with Crippen molar-refractivity contribution in [2.75, 3.05) is 5.01 Å². The molecular weight excluding hydrogens is 278 g/mol. The van der Waals surface area contributed by atoms with Crippen LogP contribution in [0.2, 0.25) is 0 Å². The fraction of sp³-hybridized carbons (Fsp3) is 0.231. The molecule has 106 valence electrons. The molecule has 0 aliphatic rings. The van der Waals surface area contributed by atoms with Gasteiger partial charge in [-0.3, -0.25) is 4.79 Å². The van der Waals surface area contributed by atoms with Gasteiger partial charge in [0.1, 0.15) is 0 Å². The fourth-order valence-electron chi connectivity index (χ4n) is 1.52. The molecule has 0 fully saturated rings. The maximum absolute atomic E-state index is 11.8. The second kappa shape index (κ2) is 6.93. The van der Waals surface area contributed by atoms with Crippen LogP contribution in [-0.4, -0.2) is 21.1 Å². The minimum Gasteiger partial charge on any atom is -0.273 e. The predicted octanol–water partition coefficient (Wildman–Crippen LogP) is 1.82. The molecule has 1 aromatic heterocycles. The van der Waals surface area contributed by atoms with Gasteiger partial charge in [0.05, 0.1) is 11.9 Å². The normalized spacial score (nSPS) is 10.0. The van der Waals surface area contributed by atoms with E-state index in [0.717, 1.165) is 10.6 Å². The molecule has 2 aromatic rings. The topological polar surface area (TPSA) is 85.0 Å². The second-order valence-corrected chi connectivity index (χ2v) is 4.37. The molecule has 0 atom stereocenters. The minimum atomic E-state index is -0.257. The van der Waals surface area contributed by atoms with E-state index in [4.69, 9.17) is 5.84 Å². The Morgan fingerprint density at radius 3 is 2.50 bits per heavy atom. The van der Waals surface area contributed by atoms with Crippen molar-refractivity contribution in [3.63, 3.8) is 0 Å². The lowest BCUT2D eigenvalue weighted by atomic mass is 10.2. The number of anilines is 1. The number of nitrogens with two attached hydrogens (primary N) is 1. The summed E-state index contributed by atoms with van der Waals surface area (Å²) in [7, 11) is 0. The summed E-state index contributed by atoms with van der Waals surface area (Å²) in [5, 5.41) is 8.56. The third kappa shape index (κ3) is 3.49. The summed E-state index contributed by atoms with van der Waals surface area (Å²) in [6.07, 6.45) is 1.53. The zero-order valence-electron chi connectivity index (χ0n) is 11.2. The van der Waals surface area contributed by atoms with Gasteiger partial charge in [-0.05, 0) is 0 Å². The fourth-order valence-corrected chi connectivity index (χ4v) is 1.52. The van der Waals surface area contributed by atoms with E-state index >= 15 is 0 Å². The average Bonchev–Trinajstić information content (AvgIpc) is 2.46. The highest BCUT2D eigenvalue weighted by Gasteiger charge is 2.18. The van der Waals surface area contributed by atoms with Crippen molar-refractivity contribution in [1.82, 2.24) is 15.2 Å². The van der Waals surface area contributed by atoms with Crippen LogP contribution in [0.15, 0.2) is 36.5 Å². The molecule has 2 rings (SSSR count). The highest BCUT2D eigenvalue weighted by atomic mass is 35.5. The van der Waals surface area contributed by atoms with Crippen LogP contribution < -0.4 is 10.9 Å². The van der Waals surface area contributed by atoms with Gasteiger partial charge in [-0.15, -0.1) is 17.5 Å². The smallest absolute Gasteiger partial charge is 0.267 e. The van der Waals surface area contributed by atoms with Crippen LogP contribution in [0, 0.1) is 5.92 Å². The number of benzene rings is 1. The van der Waals surface area contributed by atoms with Gasteiger partial charge in [-0.25, -0.2) is 15.8 Å². The first-order chi connectivity index (χ1) is 9.09. The molecule has 0 aliphatic carbocycles. The summed E-state index contributed by atoms with van der Waals surface area (Å²) < 4.78 is 0. The number of hydrogen-bond donors (Lipinski definition) is 1. The van der Waals surface area contributed by atoms with Gasteiger partial charge < -0.3 is 0 Å². The first-order valence-corrected chi connectivity index (χ1v) is 5.93. The zero-order valence-corrected chi connectivity index (χ0v) is 12.0. The van der Waals surface area contributed by atoms with Crippen molar-refractivity contribution in [2.24, 2.45) is 11.8 Å². The van der Waals surface area contributed by atoms with Gasteiger partial charge in [-0.2, -0.15) is 5.10 Å². The molecule has 0 radical (unpaired) electrons. The SMILES string of the molecule is CC(C)C(=O)N(N)c1nncc(-c2ccccc2)n1.Cl. The van der Waals surface area contributed by atoms with E-state index in [1.807, 2.05) is 30.3 Å². The van der Waals surface area contributed by atoms with E-state index in [9.17, 15) is 4.79 Å². The third-order valence-electron chi connectivity index (χ3n) is 2.56. The Balaban J connectivity index is 0.00000200. The van der Waals surface area contributed by atoms with Crippen molar-refractivity contribution in [2.45, 2.75) is 13.8 Å². The monoisotopic (exact) mass is 293 g/mol. The summed E-state index contributed by atoms with van der Waals surface area (Å²) in [6.45, 7) is 3.52. The Bertz CT molecular complexity index is 576. The van der Waals surface area contributed by atoms with Gasteiger partial charge >= 0.3 is 0 Å². The number of hydrazine groups is 1. The van der Waals surface area contributed by atoms with Crippen LogP contribution in [0.1, 0.15) is 13.8 Å². The molecule has 7 heteroatoms. The molecule has 1 heterocycles. The van der Waals surface area contributed by atoms with E-state index in [-0.39, 0.29) is 30.2 Å². The quantitative estimate of drug-likeness (QED) is 0.530. The highest BCUT2D eigenvalue weighted by molar-refractivity contribution is 5.91. The predicted molar refractivity (Wildman–Crippen MR) is 79.0 cm³/mol. The number of halogens is 1. The zero-order chi connectivity index (χ0) is 13.8. The standard InChI is InChI=1S/C13H15N5O.ClH/c1-9(2)12(19)18(14)13-16-11(8-15-17-13)10-6-4-3-5-7-10;/h3-9H,14H2,1-2H3;1H. The van der Waals surface area contributed by atoms with E-state index in [0.29, 0.717) is 5.69 Å². The Labute approximate surface area is 123 Å². The van der Waals surface area contributed by atoms with Gasteiger partial charge in [0.25, 0.3) is 5.95 Å². The molecule has 0 aliphatic heterocycles. The molecule has 2 N–H and O–H groups in total. The summed E-state index contributed by atoms with van der Waals surface area (Å²) in [5.41, 5.74) is 1.52. The number of amides is 1. The number of hydrogen-bond acceptors (Lipinski definition) is 5.